The summed E-state index contributed by atoms with van der Waals surface area (Å²) in [6, 6.07) is -1.03. The van der Waals surface area contributed by atoms with Crippen LogP contribution in [0.1, 0.15) is 27.2 Å². The summed E-state index contributed by atoms with van der Waals surface area (Å²) in [6.45, 7) is 5.39. The zero-order valence-electron chi connectivity index (χ0n) is 10.7. The van der Waals surface area contributed by atoms with Gasteiger partial charge in [0.2, 0.25) is 10.0 Å². The van der Waals surface area contributed by atoms with Crippen molar-refractivity contribution in [3.63, 3.8) is 0 Å². The van der Waals surface area contributed by atoms with E-state index in [1.807, 2.05) is 6.26 Å². The lowest BCUT2D eigenvalue weighted by molar-refractivity contribution is -0.139. The van der Waals surface area contributed by atoms with Gasteiger partial charge >= 0.3 is 5.97 Å². The lowest BCUT2D eigenvalue weighted by atomic mass is 10.0. The average molecular weight is 283 g/mol. The molecule has 7 heteroatoms. The number of rotatable bonds is 7. The van der Waals surface area contributed by atoms with Gasteiger partial charge in [0.05, 0.1) is 5.75 Å². The first kappa shape index (κ1) is 16.7. The largest absolute Gasteiger partial charge is 0.480 e. The minimum absolute atomic E-state index is 0.0803. The Labute approximate surface area is 107 Å². The molecular weight excluding hydrogens is 262 g/mol. The summed E-state index contributed by atoms with van der Waals surface area (Å²) in [5.74, 6) is -0.602. The Morgan fingerprint density at radius 1 is 1.41 bits per heavy atom. The van der Waals surface area contributed by atoms with Gasteiger partial charge in [0.1, 0.15) is 6.04 Å². The molecule has 0 saturated carbocycles. The van der Waals surface area contributed by atoms with Crippen LogP contribution in [-0.2, 0) is 14.8 Å². The summed E-state index contributed by atoms with van der Waals surface area (Å²) >= 11 is 1.49. The van der Waals surface area contributed by atoms with Gasteiger partial charge in [0.15, 0.2) is 0 Å². The number of carboxylic acid groups (broad SMARTS) is 1. The number of hydrogen-bond acceptors (Lipinski definition) is 4. The van der Waals surface area contributed by atoms with E-state index in [0.29, 0.717) is 12.2 Å². The van der Waals surface area contributed by atoms with E-state index in [-0.39, 0.29) is 5.75 Å². The maximum atomic E-state index is 11.7. The number of carboxylic acids is 1. The van der Waals surface area contributed by atoms with Gasteiger partial charge in [0, 0.05) is 0 Å². The summed E-state index contributed by atoms with van der Waals surface area (Å²) in [5, 5.41) is 8.93. The Kier molecular flexibility index (Phi) is 6.50. The Morgan fingerprint density at radius 2 is 1.94 bits per heavy atom. The molecule has 0 aromatic carbocycles. The monoisotopic (exact) mass is 283 g/mol. The second-order valence-corrected chi connectivity index (χ2v) is 7.85. The maximum Gasteiger partial charge on any atom is 0.321 e. The molecule has 0 rings (SSSR count). The third kappa shape index (κ3) is 8.45. The van der Waals surface area contributed by atoms with Crippen LogP contribution in [0.2, 0.25) is 0 Å². The lowest BCUT2D eigenvalue weighted by Crippen LogP contribution is -2.44. The third-order valence-electron chi connectivity index (χ3n) is 1.85. The van der Waals surface area contributed by atoms with E-state index in [2.05, 4.69) is 4.72 Å². The van der Waals surface area contributed by atoms with Crippen molar-refractivity contribution in [3.8, 4) is 0 Å². The van der Waals surface area contributed by atoms with Crippen LogP contribution in [-0.4, -0.2) is 43.3 Å². The minimum atomic E-state index is -3.55. The molecule has 1 atom stereocenters. The van der Waals surface area contributed by atoms with Gasteiger partial charge in [-0.2, -0.15) is 11.8 Å². The van der Waals surface area contributed by atoms with E-state index in [1.54, 1.807) is 20.8 Å². The predicted molar refractivity (Wildman–Crippen MR) is 70.8 cm³/mol. The fourth-order valence-corrected chi connectivity index (χ4v) is 3.64. The van der Waals surface area contributed by atoms with Crippen LogP contribution in [0, 0.1) is 5.41 Å². The molecule has 0 aromatic rings. The van der Waals surface area contributed by atoms with Crippen molar-refractivity contribution in [2.24, 2.45) is 5.41 Å². The van der Waals surface area contributed by atoms with Crippen molar-refractivity contribution in [1.82, 2.24) is 4.72 Å². The van der Waals surface area contributed by atoms with Crippen molar-refractivity contribution in [2.75, 3.05) is 17.8 Å². The molecule has 0 aliphatic rings. The zero-order valence-corrected chi connectivity index (χ0v) is 12.3. The van der Waals surface area contributed by atoms with E-state index in [1.165, 1.54) is 11.8 Å². The highest BCUT2D eigenvalue weighted by atomic mass is 32.2. The van der Waals surface area contributed by atoms with Crippen LogP contribution < -0.4 is 4.72 Å². The molecule has 0 radical (unpaired) electrons. The van der Waals surface area contributed by atoms with Gasteiger partial charge in [-0.3, -0.25) is 4.79 Å². The van der Waals surface area contributed by atoms with Crippen LogP contribution in [0.5, 0.6) is 0 Å². The quantitative estimate of drug-likeness (QED) is 0.732. The number of hydrogen-bond donors (Lipinski definition) is 2. The third-order valence-corrected chi connectivity index (χ3v) is 4.39. The van der Waals surface area contributed by atoms with Crippen molar-refractivity contribution < 1.29 is 18.3 Å². The summed E-state index contributed by atoms with van der Waals surface area (Å²) in [6.07, 6.45) is 2.14. The Bertz CT molecular complexity index is 346. The summed E-state index contributed by atoms with van der Waals surface area (Å²) < 4.78 is 25.7. The zero-order chi connectivity index (χ0) is 13.7. The van der Waals surface area contributed by atoms with Crippen LogP contribution >= 0.6 is 11.8 Å². The van der Waals surface area contributed by atoms with E-state index >= 15 is 0 Å². The van der Waals surface area contributed by atoms with Gasteiger partial charge in [-0.15, -0.1) is 0 Å². The smallest absolute Gasteiger partial charge is 0.321 e. The molecule has 0 bridgehead atoms. The Balaban J connectivity index is 4.59. The fourth-order valence-electron chi connectivity index (χ4n) is 1.30. The van der Waals surface area contributed by atoms with Gasteiger partial charge in [-0.05, 0) is 23.8 Å². The maximum absolute atomic E-state index is 11.7. The highest BCUT2D eigenvalue weighted by molar-refractivity contribution is 7.98. The molecule has 2 N–H and O–H groups in total. The van der Waals surface area contributed by atoms with Crippen LogP contribution in [0.3, 0.4) is 0 Å². The minimum Gasteiger partial charge on any atom is -0.480 e. The molecule has 102 valence electrons. The molecule has 0 saturated heterocycles. The SMILES string of the molecule is CSCC[C@@H](NS(=O)(=O)CC(C)(C)C)C(=O)O. The Hall–Kier alpha value is -0.270. The fraction of sp³-hybridized carbons (Fsp3) is 0.900. The first-order valence-corrected chi connectivity index (χ1v) is 8.34. The van der Waals surface area contributed by atoms with Gasteiger partial charge in [0.25, 0.3) is 0 Å². The van der Waals surface area contributed by atoms with Crippen LogP contribution in [0.4, 0.5) is 0 Å². The molecule has 5 nitrogen and oxygen atoms in total. The van der Waals surface area contributed by atoms with Gasteiger partial charge in [-0.1, -0.05) is 20.8 Å². The molecule has 0 aliphatic carbocycles. The highest BCUT2D eigenvalue weighted by Crippen LogP contribution is 2.16. The molecule has 0 heterocycles. The van der Waals surface area contributed by atoms with Crippen molar-refractivity contribution in [1.29, 1.82) is 0 Å². The molecule has 0 aliphatic heterocycles. The van der Waals surface area contributed by atoms with Crippen LogP contribution in [0.25, 0.3) is 0 Å². The number of sulfonamides is 1. The number of aliphatic carboxylic acids is 1. The predicted octanol–water partition coefficient (Wildman–Crippen LogP) is 1.16. The molecule has 0 unspecified atom stereocenters. The van der Waals surface area contributed by atoms with Crippen molar-refractivity contribution in [2.45, 2.75) is 33.2 Å². The molecule has 0 spiro atoms. The first-order chi connectivity index (χ1) is 7.57. The number of carbonyl (C=O) groups is 1. The first-order valence-electron chi connectivity index (χ1n) is 5.29. The molecule has 17 heavy (non-hydrogen) atoms. The Morgan fingerprint density at radius 3 is 2.29 bits per heavy atom. The van der Waals surface area contributed by atoms with E-state index in [0.717, 1.165) is 0 Å². The summed E-state index contributed by atoms with van der Waals surface area (Å²) in [4.78, 5) is 10.9. The average Bonchev–Trinajstić information content (AvgIpc) is 2.07. The topological polar surface area (TPSA) is 83.5 Å². The van der Waals surface area contributed by atoms with Gasteiger partial charge < -0.3 is 5.11 Å². The standard InChI is InChI=1S/C10H21NO4S2/c1-10(2,3)7-17(14,15)11-8(9(12)13)5-6-16-4/h8,11H,5-7H2,1-4H3,(H,12,13)/t8-/m1/s1. The van der Waals surface area contributed by atoms with E-state index in [4.69, 9.17) is 5.11 Å². The molecule has 0 fully saturated rings. The normalized spacial score (nSPS) is 14.6. The second-order valence-electron chi connectivity index (χ2n) is 5.11. The summed E-state index contributed by atoms with van der Waals surface area (Å²) in [7, 11) is -3.55. The second kappa shape index (κ2) is 6.61. The molecule has 0 amide bonds. The lowest BCUT2D eigenvalue weighted by Gasteiger charge is -2.20. The highest BCUT2D eigenvalue weighted by Gasteiger charge is 2.27. The number of nitrogens with one attached hydrogen (secondary N) is 1. The van der Waals surface area contributed by atoms with Crippen molar-refractivity contribution in [3.05, 3.63) is 0 Å². The summed E-state index contributed by atoms with van der Waals surface area (Å²) in [5.41, 5.74) is -0.394. The molecule has 0 aromatic heterocycles. The van der Waals surface area contributed by atoms with E-state index in [9.17, 15) is 13.2 Å². The van der Waals surface area contributed by atoms with E-state index < -0.39 is 27.4 Å². The number of thioether (sulfide) groups is 1. The molecular formula is C10H21NO4S2. The van der Waals surface area contributed by atoms with Crippen LogP contribution in [0.15, 0.2) is 0 Å². The van der Waals surface area contributed by atoms with Gasteiger partial charge in [-0.25, -0.2) is 13.1 Å². The van der Waals surface area contributed by atoms with Crippen molar-refractivity contribution >= 4 is 27.8 Å².